The predicted octanol–water partition coefficient (Wildman–Crippen LogP) is 11.1. The van der Waals surface area contributed by atoms with Gasteiger partial charge in [-0.2, -0.15) is 0 Å². The minimum Gasteiger partial charge on any atom is -0.488 e. The van der Waals surface area contributed by atoms with Crippen LogP contribution in [0.1, 0.15) is 124 Å². The van der Waals surface area contributed by atoms with Gasteiger partial charge in [-0.15, -0.1) is 11.3 Å². The second kappa shape index (κ2) is 15.9. The maximum absolute atomic E-state index is 6.87. The standard InChI is InChI=1S/C36H57IO4S/c1-10-14-19-28(12-3)38-22-36(23-39-29(13-4)20-15-11-2)24-40-30-31(41-25-36)33(35(8,9)37)42-32(30)26-17-16-18-27(21-26)34(5,6)7/h16-18,21,28-29H,10-15,19-20,22-25H2,1-9H3. The lowest BCUT2D eigenvalue weighted by atomic mass is 9.86. The molecule has 42 heavy (non-hydrogen) atoms. The number of ether oxygens (including phenoxy) is 4. The molecule has 0 saturated carbocycles. The van der Waals surface area contributed by atoms with E-state index >= 15 is 0 Å². The van der Waals surface area contributed by atoms with Crippen LogP contribution in [0.4, 0.5) is 0 Å². The number of hydrogen-bond donors (Lipinski definition) is 0. The predicted molar refractivity (Wildman–Crippen MR) is 188 cm³/mol. The maximum atomic E-state index is 6.87. The number of benzene rings is 1. The summed E-state index contributed by atoms with van der Waals surface area (Å²) in [5.41, 5.74) is 2.19. The van der Waals surface area contributed by atoms with Gasteiger partial charge in [0.2, 0.25) is 0 Å². The van der Waals surface area contributed by atoms with Crippen LogP contribution in [-0.2, 0) is 18.3 Å². The zero-order valence-corrected chi connectivity index (χ0v) is 30.8. The Balaban J connectivity index is 1.98. The fraction of sp³-hybridized carbons (Fsp3) is 0.722. The highest BCUT2D eigenvalue weighted by Gasteiger charge is 2.41. The van der Waals surface area contributed by atoms with Crippen LogP contribution < -0.4 is 9.47 Å². The first kappa shape index (κ1) is 35.6. The van der Waals surface area contributed by atoms with Crippen molar-refractivity contribution in [1.29, 1.82) is 0 Å². The highest BCUT2D eigenvalue weighted by molar-refractivity contribution is 14.1. The second-order valence-corrected chi connectivity index (χ2v) is 17.5. The van der Waals surface area contributed by atoms with Crippen molar-refractivity contribution in [3.8, 4) is 21.9 Å². The SMILES string of the molecule is CCCCC(CC)OCC1(COC(CC)CCCC)COc2c(-c3cccc(C(C)(C)C)c3)sc(C(C)(C)I)c2OC1. The Bertz CT molecular complexity index is 1080. The van der Waals surface area contributed by atoms with Crippen molar-refractivity contribution < 1.29 is 18.9 Å². The molecule has 0 spiro atoms. The van der Waals surface area contributed by atoms with Crippen LogP contribution in [0.5, 0.6) is 11.5 Å². The van der Waals surface area contributed by atoms with E-state index in [4.69, 9.17) is 18.9 Å². The van der Waals surface area contributed by atoms with E-state index in [-0.39, 0.29) is 26.5 Å². The van der Waals surface area contributed by atoms with Crippen molar-refractivity contribution in [2.24, 2.45) is 5.41 Å². The number of rotatable bonds is 16. The van der Waals surface area contributed by atoms with E-state index in [0.29, 0.717) is 26.4 Å². The smallest absolute Gasteiger partial charge is 0.180 e. The lowest BCUT2D eigenvalue weighted by molar-refractivity contribution is -0.0992. The number of alkyl halides is 1. The molecule has 0 aliphatic carbocycles. The molecular formula is C36H57IO4S. The topological polar surface area (TPSA) is 36.9 Å². The third-order valence-electron chi connectivity index (χ3n) is 8.32. The van der Waals surface area contributed by atoms with E-state index in [9.17, 15) is 0 Å². The summed E-state index contributed by atoms with van der Waals surface area (Å²) in [7, 11) is 0. The quantitative estimate of drug-likeness (QED) is 0.128. The highest BCUT2D eigenvalue weighted by atomic mass is 127. The van der Waals surface area contributed by atoms with Crippen molar-refractivity contribution in [3.63, 3.8) is 0 Å². The Morgan fingerprint density at radius 1 is 0.857 bits per heavy atom. The van der Waals surface area contributed by atoms with E-state index in [0.717, 1.165) is 42.1 Å². The molecule has 3 rings (SSSR count). The van der Waals surface area contributed by atoms with E-state index in [1.807, 2.05) is 0 Å². The summed E-state index contributed by atoms with van der Waals surface area (Å²) in [5, 5.41) is 0. The van der Waals surface area contributed by atoms with Gasteiger partial charge in [-0.3, -0.25) is 0 Å². The molecule has 6 heteroatoms. The van der Waals surface area contributed by atoms with Crippen LogP contribution in [0.3, 0.4) is 0 Å². The van der Waals surface area contributed by atoms with Gasteiger partial charge in [0, 0.05) is 0 Å². The van der Waals surface area contributed by atoms with Crippen molar-refractivity contribution in [2.45, 2.75) is 135 Å². The Morgan fingerprint density at radius 3 is 1.88 bits per heavy atom. The van der Waals surface area contributed by atoms with Crippen LogP contribution in [0, 0.1) is 5.41 Å². The first-order valence-corrected chi connectivity index (χ1v) is 18.2. The number of hydrogen-bond acceptors (Lipinski definition) is 5. The Morgan fingerprint density at radius 2 is 1.40 bits per heavy atom. The minimum absolute atomic E-state index is 0.0674. The van der Waals surface area contributed by atoms with Gasteiger partial charge in [-0.05, 0) is 62.1 Å². The molecule has 1 aliphatic heterocycles. The van der Waals surface area contributed by atoms with Crippen molar-refractivity contribution in [3.05, 3.63) is 34.7 Å². The average Bonchev–Trinajstić information content (AvgIpc) is 3.24. The van der Waals surface area contributed by atoms with Gasteiger partial charge in [0.25, 0.3) is 0 Å². The summed E-state index contributed by atoms with van der Waals surface area (Å²) in [4.78, 5) is 2.37. The van der Waals surface area contributed by atoms with E-state index in [2.05, 4.69) is 109 Å². The zero-order chi connectivity index (χ0) is 31.0. The second-order valence-electron chi connectivity index (χ2n) is 13.8. The minimum atomic E-state index is -0.382. The summed E-state index contributed by atoms with van der Waals surface area (Å²) < 4.78 is 26.9. The van der Waals surface area contributed by atoms with Crippen molar-refractivity contribution >= 4 is 33.9 Å². The fourth-order valence-electron chi connectivity index (χ4n) is 5.34. The van der Waals surface area contributed by atoms with Gasteiger partial charge in [-0.1, -0.05) is 115 Å². The Labute approximate surface area is 274 Å². The number of unbranched alkanes of at least 4 members (excludes halogenated alkanes) is 2. The highest BCUT2D eigenvalue weighted by Crippen LogP contribution is 2.55. The number of fused-ring (bicyclic) bond motifs is 1. The summed E-state index contributed by atoms with van der Waals surface area (Å²) in [6.45, 7) is 22.4. The maximum Gasteiger partial charge on any atom is 0.180 e. The number of thiophene rings is 1. The van der Waals surface area contributed by atoms with E-state index < -0.39 is 0 Å². The molecule has 4 nitrogen and oxygen atoms in total. The third-order valence-corrected chi connectivity index (χ3v) is 10.7. The summed E-state index contributed by atoms with van der Waals surface area (Å²) in [5.74, 6) is 1.78. The van der Waals surface area contributed by atoms with Crippen LogP contribution >= 0.6 is 33.9 Å². The van der Waals surface area contributed by atoms with Gasteiger partial charge in [0.15, 0.2) is 11.5 Å². The summed E-state index contributed by atoms with van der Waals surface area (Å²) in [6.07, 6.45) is 9.46. The van der Waals surface area contributed by atoms with E-state index in [1.54, 1.807) is 11.3 Å². The molecule has 0 saturated heterocycles. The van der Waals surface area contributed by atoms with Crippen molar-refractivity contribution in [1.82, 2.24) is 0 Å². The molecule has 1 aromatic heterocycles. The van der Waals surface area contributed by atoms with Gasteiger partial charge < -0.3 is 18.9 Å². The van der Waals surface area contributed by atoms with Crippen molar-refractivity contribution in [2.75, 3.05) is 26.4 Å². The molecular weight excluding hydrogens is 655 g/mol. The molecule has 2 atom stereocenters. The molecule has 2 aromatic rings. The third kappa shape index (κ3) is 9.58. The van der Waals surface area contributed by atoms with Crippen LogP contribution in [-0.4, -0.2) is 38.6 Å². The monoisotopic (exact) mass is 712 g/mol. The molecule has 2 heterocycles. The van der Waals surface area contributed by atoms with Gasteiger partial charge in [0.1, 0.15) is 13.2 Å². The molecule has 1 aliphatic rings. The summed E-state index contributed by atoms with van der Waals surface area (Å²) in [6, 6.07) is 8.92. The average molecular weight is 713 g/mol. The van der Waals surface area contributed by atoms with Crippen LogP contribution in [0.2, 0.25) is 0 Å². The van der Waals surface area contributed by atoms with Crippen LogP contribution in [0.15, 0.2) is 24.3 Å². The first-order chi connectivity index (χ1) is 19.9. The molecule has 0 radical (unpaired) electrons. The fourth-order valence-corrected chi connectivity index (χ4v) is 7.09. The van der Waals surface area contributed by atoms with E-state index in [1.165, 1.54) is 41.7 Å². The molecule has 0 fully saturated rings. The normalized spacial score (nSPS) is 19.0. The molecule has 0 amide bonds. The van der Waals surface area contributed by atoms with Gasteiger partial charge in [0.05, 0.1) is 44.0 Å². The lowest BCUT2D eigenvalue weighted by Crippen LogP contribution is -2.44. The molecule has 2 unspecified atom stereocenters. The first-order valence-electron chi connectivity index (χ1n) is 16.3. The Kier molecular flexibility index (Phi) is 13.5. The van der Waals surface area contributed by atoms with Crippen LogP contribution in [0.25, 0.3) is 10.4 Å². The lowest BCUT2D eigenvalue weighted by Gasteiger charge is -2.34. The molecule has 0 N–H and O–H groups in total. The molecule has 238 valence electrons. The summed E-state index contributed by atoms with van der Waals surface area (Å²) >= 11 is 4.34. The van der Waals surface area contributed by atoms with Gasteiger partial charge in [-0.25, -0.2) is 0 Å². The Hall–Kier alpha value is -0.830. The molecule has 0 bridgehead atoms. The number of halogens is 1. The largest absolute Gasteiger partial charge is 0.488 e. The molecule has 1 aromatic carbocycles. The van der Waals surface area contributed by atoms with Gasteiger partial charge >= 0.3 is 0 Å². The zero-order valence-electron chi connectivity index (χ0n) is 27.9.